The SMILES string of the molecule is CC1=C[C](C)([Zr+2][CH]2C=Cc3ccccc32)C=C1.[Cl-].[Cl-]. The van der Waals surface area contributed by atoms with E-state index in [9.17, 15) is 0 Å². The number of halogens is 2. The van der Waals surface area contributed by atoms with Gasteiger partial charge in [-0.1, -0.05) is 0 Å². The predicted octanol–water partition coefficient (Wildman–Crippen LogP) is -1.46. The molecule has 0 aromatic heterocycles. The van der Waals surface area contributed by atoms with Gasteiger partial charge in [0.25, 0.3) is 0 Å². The number of hydrogen-bond donors (Lipinski definition) is 0. The van der Waals surface area contributed by atoms with E-state index in [0.717, 1.165) is 3.63 Å². The van der Waals surface area contributed by atoms with Crippen molar-refractivity contribution < 1.29 is 48.0 Å². The Hall–Kier alpha value is -0.0969. The first kappa shape index (κ1) is 17.0. The van der Waals surface area contributed by atoms with Crippen molar-refractivity contribution in [3.63, 3.8) is 0 Å². The van der Waals surface area contributed by atoms with E-state index in [1.54, 1.807) is 5.56 Å². The smallest absolute Gasteiger partial charge is 1.00 e. The van der Waals surface area contributed by atoms with Crippen LogP contribution >= 0.6 is 0 Å². The van der Waals surface area contributed by atoms with Crippen molar-refractivity contribution in [2.24, 2.45) is 0 Å². The minimum Gasteiger partial charge on any atom is -1.00 e. The van der Waals surface area contributed by atoms with Crippen LogP contribution in [0, 0.1) is 0 Å². The Balaban J connectivity index is 0.000000902. The van der Waals surface area contributed by atoms with Gasteiger partial charge in [0, 0.05) is 0 Å². The average molecular weight is 370 g/mol. The van der Waals surface area contributed by atoms with E-state index in [0.29, 0.717) is 3.12 Å². The maximum absolute atomic E-state index is 2.47. The van der Waals surface area contributed by atoms with Gasteiger partial charge in [-0.15, -0.1) is 0 Å². The second-order valence-electron chi connectivity index (χ2n) is 5.11. The predicted molar refractivity (Wildman–Crippen MR) is 69.5 cm³/mol. The summed E-state index contributed by atoms with van der Waals surface area (Å²) >= 11 is -0.536. The summed E-state index contributed by atoms with van der Waals surface area (Å²) in [6.45, 7) is 4.61. The topological polar surface area (TPSA) is 0 Å². The van der Waals surface area contributed by atoms with Crippen molar-refractivity contribution in [1.82, 2.24) is 0 Å². The second-order valence-corrected chi connectivity index (χ2v) is 10.0. The maximum Gasteiger partial charge on any atom is -1.00 e. The Morgan fingerprint density at radius 2 is 1.84 bits per heavy atom. The molecule has 0 spiro atoms. The second kappa shape index (κ2) is 6.57. The summed E-state index contributed by atoms with van der Waals surface area (Å²) in [5.74, 6) is 0. The van der Waals surface area contributed by atoms with E-state index in [1.165, 1.54) is 11.1 Å². The molecule has 19 heavy (non-hydrogen) atoms. The molecule has 0 aliphatic heterocycles. The molecule has 2 aliphatic carbocycles. The number of fused-ring (bicyclic) bond motifs is 1. The minimum absolute atomic E-state index is 0. The van der Waals surface area contributed by atoms with Gasteiger partial charge in [0.1, 0.15) is 0 Å². The van der Waals surface area contributed by atoms with E-state index in [1.807, 2.05) is 0 Å². The van der Waals surface area contributed by atoms with E-state index < -0.39 is 23.2 Å². The Labute approximate surface area is 139 Å². The summed E-state index contributed by atoms with van der Waals surface area (Å²) in [7, 11) is 0. The van der Waals surface area contributed by atoms with Crippen LogP contribution in [0.5, 0.6) is 0 Å². The fraction of sp³-hybridized carbons (Fsp3) is 0.250. The van der Waals surface area contributed by atoms with Crippen LogP contribution in [-0.2, 0) is 23.2 Å². The molecule has 1 aromatic carbocycles. The molecule has 3 heteroatoms. The minimum atomic E-state index is -0.536. The summed E-state index contributed by atoms with van der Waals surface area (Å²) in [5.41, 5.74) is 4.43. The molecule has 2 unspecified atom stereocenters. The molecular formula is C16H16Cl2Zr. The molecule has 0 bridgehead atoms. The van der Waals surface area contributed by atoms with Crippen molar-refractivity contribution in [1.29, 1.82) is 0 Å². The van der Waals surface area contributed by atoms with E-state index in [4.69, 9.17) is 0 Å². The van der Waals surface area contributed by atoms with Gasteiger partial charge in [-0.3, -0.25) is 0 Å². The van der Waals surface area contributed by atoms with Crippen molar-refractivity contribution in [2.45, 2.75) is 20.6 Å². The van der Waals surface area contributed by atoms with Crippen molar-refractivity contribution >= 4 is 6.08 Å². The molecule has 98 valence electrons. The molecule has 0 N–H and O–H groups in total. The van der Waals surface area contributed by atoms with Crippen LogP contribution in [0.25, 0.3) is 6.08 Å². The van der Waals surface area contributed by atoms with Crippen molar-refractivity contribution in [2.75, 3.05) is 0 Å². The zero-order chi connectivity index (χ0) is 11.9. The van der Waals surface area contributed by atoms with Crippen LogP contribution < -0.4 is 24.8 Å². The standard InChI is InChI=1S/C9H7.C7H9.2ClH.Zr/c1-2-5-9-7-3-6-8(9)4-1;1-6-3-4-7(2)5-6;;;/h1-7H;3-5H,1-2H3;2*1H;/q;;;;+2/p-2. The Morgan fingerprint density at radius 3 is 2.53 bits per heavy atom. The first-order valence-corrected chi connectivity index (χ1v) is 8.75. The average Bonchev–Trinajstić information content (AvgIpc) is 2.85. The quantitative estimate of drug-likeness (QED) is 0.597. The van der Waals surface area contributed by atoms with Gasteiger partial charge in [0.15, 0.2) is 0 Å². The van der Waals surface area contributed by atoms with E-state index in [2.05, 4.69) is 68.5 Å². The monoisotopic (exact) mass is 368 g/mol. The number of benzene rings is 1. The molecule has 0 saturated heterocycles. The van der Waals surface area contributed by atoms with Crippen molar-refractivity contribution in [3.05, 3.63) is 65.3 Å². The summed E-state index contributed by atoms with van der Waals surface area (Å²) in [5, 5.41) is 0. The van der Waals surface area contributed by atoms with Gasteiger partial charge in [-0.05, 0) is 0 Å². The molecule has 0 nitrogen and oxygen atoms in total. The summed E-state index contributed by atoms with van der Waals surface area (Å²) < 4.78 is 1.14. The number of allylic oxidation sites excluding steroid dienone is 5. The maximum atomic E-state index is 2.47. The first-order chi connectivity index (χ1) is 8.16. The third kappa shape index (κ3) is 3.51. The number of rotatable bonds is 2. The summed E-state index contributed by atoms with van der Waals surface area (Å²) in [6, 6.07) is 8.85. The molecule has 0 heterocycles. The zero-order valence-electron chi connectivity index (χ0n) is 11.0. The van der Waals surface area contributed by atoms with Gasteiger partial charge in [-0.2, -0.15) is 0 Å². The van der Waals surface area contributed by atoms with Crippen LogP contribution in [0.15, 0.2) is 54.1 Å². The van der Waals surface area contributed by atoms with Gasteiger partial charge < -0.3 is 24.8 Å². The molecular weight excluding hydrogens is 354 g/mol. The normalized spacial score (nSPS) is 26.0. The third-order valence-electron chi connectivity index (χ3n) is 3.49. The summed E-state index contributed by atoms with van der Waals surface area (Å²) in [4.78, 5) is 0. The Morgan fingerprint density at radius 1 is 1.11 bits per heavy atom. The fourth-order valence-electron chi connectivity index (χ4n) is 2.67. The van der Waals surface area contributed by atoms with Gasteiger partial charge in [-0.25, -0.2) is 0 Å². The molecule has 0 fully saturated rings. The van der Waals surface area contributed by atoms with Gasteiger partial charge >= 0.3 is 115 Å². The van der Waals surface area contributed by atoms with Crippen LogP contribution in [-0.4, -0.2) is 0 Å². The fourth-order valence-corrected chi connectivity index (χ4v) is 7.03. The van der Waals surface area contributed by atoms with Gasteiger partial charge in [0.05, 0.1) is 0 Å². The van der Waals surface area contributed by atoms with Crippen LogP contribution in [0.3, 0.4) is 0 Å². The Bertz CT molecular complexity index is 545. The van der Waals surface area contributed by atoms with Crippen LogP contribution in [0.1, 0.15) is 28.6 Å². The third-order valence-corrected chi connectivity index (χ3v) is 7.78. The van der Waals surface area contributed by atoms with E-state index in [-0.39, 0.29) is 24.8 Å². The molecule has 0 amide bonds. The largest absolute Gasteiger partial charge is 1.00 e. The number of hydrogen-bond acceptors (Lipinski definition) is 0. The van der Waals surface area contributed by atoms with E-state index >= 15 is 0 Å². The molecule has 2 atom stereocenters. The molecule has 0 radical (unpaired) electrons. The Kier molecular flexibility index (Phi) is 5.86. The molecule has 1 aromatic rings. The molecule has 3 rings (SSSR count). The molecule has 2 aliphatic rings. The summed E-state index contributed by atoms with van der Waals surface area (Å²) in [6.07, 6.45) is 11.9. The van der Waals surface area contributed by atoms with Crippen LogP contribution in [0.4, 0.5) is 0 Å². The zero-order valence-corrected chi connectivity index (χ0v) is 15.0. The van der Waals surface area contributed by atoms with Crippen LogP contribution in [0.2, 0.25) is 3.12 Å². The van der Waals surface area contributed by atoms with Crippen molar-refractivity contribution in [3.8, 4) is 0 Å². The van der Waals surface area contributed by atoms with Gasteiger partial charge in [0.2, 0.25) is 0 Å². The first-order valence-electron chi connectivity index (χ1n) is 6.10. The molecule has 0 saturated carbocycles.